The number of benzene rings is 1. The van der Waals surface area contributed by atoms with Crippen LogP contribution in [0.5, 0.6) is 0 Å². The van der Waals surface area contributed by atoms with E-state index < -0.39 is 17.7 Å². The Kier molecular flexibility index (Phi) is 6.21. The van der Waals surface area contributed by atoms with Crippen LogP contribution < -0.4 is 5.32 Å². The molecule has 1 aromatic carbocycles. The van der Waals surface area contributed by atoms with E-state index in [9.17, 15) is 9.59 Å². The Morgan fingerprint density at radius 1 is 1.18 bits per heavy atom. The highest BCUT2D eigenvalue weighted by molar-refractivity contribution is 5.92. The maximum atomic E-state index is 11.7. The van der Waals surface area contributed by atoms with Crippen LogP contribution in [0.1, 0.15) is 26.3 Å². The molecule has 0 bridgehead atoms. The van der Waals surface area contributed by atoms with Crippen LogP contribution in [0.15, 0.2) is 42.1 Å². The van der Waals surface area contributed by atoms with Crippen molar-refractivity contribution >= 4 is 12.1 Å². The number of carbonyl (C=O) groups is 2. The summed E-state index contributed by atoms with van der Waals surface area (Å²) in [7, 11) is 1.22. The Hall–Kier alpha value is -2.74. The molecule has 22 heavy (non-hydrogen) atoms. The van der Waals surface area contributed by atoms with Gasteiger partial charge >= 0.3 is 12.1 Å². The second-order valence-electron chi connectivity index (χ2n) is 5.31. The van der Waals surface area contributed by atoms with Crippen molar-refractivity contribution in [2.75, 3.05) is 7.11 Å². The molecule has 0 heterocycles. The van der Waals surface area contributed by atoms with E-state index in [0.717, 1.165) is 5.56 Å². The van der Waals surface area contributed by atoms with Gasteiger partial charge in [-0.15, -0.1) is 0 Å². The molecule has 1 aromatic rings. The molecule has 1 rings (SSSR count). The Balaban J connectivity index is 2.85. The number of amides is 1. The summed E-state index contributed by atoms with van der Waals surface area (Å²) < 4.78 is 9.68. The van der Waals surface area contributed by atoms with Gasteiger partial charge in [-0.1, -0.05) is 30.0 Å². The lowest BCUT2D eigenvalue weighted by Gasteiger charge is -2.19. The van der Waals surface area contributed by atoms with Gasteiger partial charge in [-0.2, -0.15) is 0 Å². The fraction of sp³-hybridized carbons (Fsp3) is 0.294. The van der Waals surface area contributed by atoms with Crippen molar-refractivity contribution in [3.8, 4) is 11.8 Å². The van der Waals surface area contributed by atoms with Crippen LogP contribution >= 0.6 is 0 Å². The first-order valence-electron chi connectivity index (χ1n) is 6.67. The third kappa shape index (κ3) is 6.62. The number of hydrogen-bond donors (Lipinski definition) is 1. The molecule has 0 radical (unpaired) electrons. The summed E-state index contributed by atoms with van der Waals surface area (Å²) in [6.07, 6.45) is 0.536. The summed E-state index contributed by atoms with van der Waals surface area (Å²) in [5.41, 5.74) is 0.0431. The van der Waals surface area contributed by atoms with Gasteiger partial charge in [0.2, 0.25) is 0 Å². The second kappa shape index (κ2) is 7.89. The molecule has 0 saturated heterocycles. The molecule has 0 unspecified atom stereocenters. The van der Waals surface area contributed by atoms with E-state index in [1.807, 2.05) is 30.3 Å². The molecule has 0 aliphatic heterocycles. The predicted molar refractivity (Wildman–Crippen MR) is 82.8 cm³/mol. The maximum absolute atomic E-state index is 11.7. The summed E-state index contributed by atoms with van der Waals surface area (Å²) in [6.45, 7) is 5.18. The third-order valence-corrected chi connectivity index (χ3v) is 2.25. The Morgan fingerprint density at radius 3 is 2.36 bits per heavy atom. The van der Waals surface area contributed by atoms with Crippen molar-refractivity contribution in [1.82, 2.24) is 5.32 Å². The van der Waals surface area contributed by atoms with E-state index in [1.165, 1.54) is 13.2 Å². The lowest BCUT2D eigenvalue weighted by atomic mass is 10.2. The van der Waals surface area contributed by atoms with Gasteiger partial charge in [0.15, 0.2) is 0 Å². The summed E-state index contributed by atoms with van der Waals surface area (Å²) in [5.74, 6) is 4.85. The molecular weight excluding hydrogens is 282 g/mol. The van der Waals surface area contributed by atoms with Gasteiger partial charge in [-0.25, -0.2) is 9.59 Å². The van der Waals surface area contributed by atoms with Crippen LogP contribution in [0, 0.1) is 11.8 Å². The number of methoxy groups -OCH3 is 1. The average molecular weight is 301 g/mol. The van der Waals surface area contributed by atoms with E-state index >= 15 is 0 Å². The molecule has 0 atom stereocenters. The van der Waals surface area contributed by atoms with Crippen LogP contribution in [-0.2, 0) is 14.3 Å². The number of esters is 1. The summed E-state index contributed by atoms with van der Waals surface area (Å²) in [5, 5.41) is 2.33. The number of ether oxygens (including phenoxy) is 2. The number of nitrogens with one attached hydrogen (secondary N) is 1. The normalized spacial score (nSPS) is 11.0. The van der Waals surface area contributed by atoms with Crippen molar-refractivity contribution in [3.05, 3.63) is 47.7 Å². The minimum Gasteiger partial charge on any atom is -0.464 e. The van der Waals surface area contributed by atoms with Gasteiger partial charge in [-0.3, -0.25) is 5.32 Å². The SMILES string of the molecule is COC(=O)/C(=C\C#Cc1ccccc1)NC(=O)OC(C)(C)C. The first-order valence-corrected chi connectivity index (χ1v) is 6.67. The van der Waals surface area contributed by atoms with Gasteiger partial charge in [-0.05, 0) is 32.9 Å². The van der Waals surface area contributed by atoms with E-state index in [0.29, 0.717) is 0 Å². The maximum Gasteiger partial charge on any atom is 0.412 e. The smallest absolute Gasteiger partial charge is 0.412 e. The van der Waals surface area contributed by atoms with Crippen LogP contribution in [0.25, 0.3) is 0 Å². The predicted octanol–water partition coefficient (Wildman–Crippen LogP) is 2.62. The number of carbonyl (C=O) groups excluding carboxylic acids is 2. The minimum atomic E-state index is -0.745. The molecule has 5 heteroatoms. The molecule has 0 aromatic heterocycles. The highest BCUT2D eigenvalue weighted by Crippen LogP contribution is 2.07. The van der Waals surface area contributed by atoms with Gasteiger partial charge in [0.05, 0.1) is 7.11 Å². The van der Waals surface area contributed by atoms with E-state index in [2.05, 4.69) is 21.9 Å². The van der Waals surface area contributed by atoms with Gasteiger partial charge in [0, 0.05) is 11.6 Å². The number of hydrogen-bond acceptors (Lipinski definition) is 4. The largest absolute Gasteiger partial charge is 0.464 e. The number of alkyl carbamates (subject to hydrolysis) is 1. The lowest BCUT2D eigenvalue weighted by Crippen LogP contribution is -2.34. The molecular formula is C17H19NO4. The first-order chi connectivity index (χ1) is 10.3. The zero-order valence-electron chi connectivity index (χ0n) is 13.1. The molecule has 1 amide bonds. The Bertz CT molecular complexity index is 616. The lowest BCUT2D eigenvalue weighted by molar-refractivity contribution is -0.136. The third-order valence-electron chi connectivity index (χ3n) is 2.25. The summed E-state index contributed by atoms with van der Waals surface area (Å²) in [4.78, 5) is 23.3. The summed E-state index contributed by atoms with van der Waals surface area (Å²) >= 11 is 0. The molecule has 0 aliphatic rings. The first kappa shape index (κ1) is 17.3. The number of allylic oxidation sites excluding steroid dienone is 1. The Morgan fingerprint density at radius 2 is 1.82 bits per heavy atom. The molecule has 5 nitrogen and oxygen atoms in total. The van der Waals surface area contributed by atoms with E-state index in [-0.39, 0.29) is 5.70 Å². The zero-order valence-corrected chi connectivity index (χ0v) is 13.1. The van der Waals surface area contributed by atoms with Crippen LogP contribution in [0.3, 0.4) is 0 Å². The zero-order chi connectivity index (χ0) is 16.6. The van der Waals surface area contributed by atoms with Crippen molar-refractivity contribution in [1.29, 1.82) is 0 Å². The van der Waals surface area contributed by atoms with Crippen molar-refractivity contribution in [2.45, 2.75) is 26.4 Å². The topological polar surface area (TPSA) is 64.6 Å². The monoisotopic (exact) mass is 301 g/mol. The van der Waals surface area contributed by atoms with Gasteiger partial charge in [0.1, 0.15) is 11.3 Å². The molecule has 0 spiro atoms. The van der Waals surface area contributed by atoms with E-state index in [1.54, 1.807) is 20.8 Å². The van der Waals surface area contributed by atoms with Gasteiger partial charge in [0.25, 0.3) is 0 Å². The Labute approximate surface area is 130 Å². The molecule has 0 fully saturated rings. The highest BCUT2D eigenvalue weighted by atomic mass is 16.6. The molecule has 116 valence electrons. The van der Waals surface area contributed by atoms with Crippen LogP contribution in [-0.4, -0.2) is 24.8 Å². The van der Waals surface area contributed by atoms with Gasteiger partial charge < -0.3 is 9.47 Å². The number of rotatable bonds is 2. The quantitative estimate of drug-likeness (QED) is 0.518. The fourth-order valence-corrected chi connectivity index (χ4v) is 1.38. The van der Waals surface area contributed by atoms with Crippen molar-refractivity contribution < 1.29 is 19.1 Å². The van der Waals surface area contributed by atoms with Crippen molar-refractivity contribution in [2.24, 2.45) is 0 Å². The highest BCUT2D eigenvalue weighted by Gasteiger charge is 2.19. The standard InChI is InChI=1S/C17H19NO4/c1-17(2,3)22-16(20)18-14(15(19)21-4)12-8-11-13-9-6-5-7-10-13/h5-7,9-10,12H,1-4H3,(H,18,20)/b14-12+. The van der Waals surface area contributed by atoms with E-state index in [4.69, 9.17) is 4.74 Å². The van der Waals surface area contributed by atoms with Crippen LogP contribution in [0.4, 0.5) is 4.79 Å². The fourth-order valence-electron chi connectivity index (χ4n) is 1.38. The average Bonchev–Trinajstić information content (AvgIpc) is 2.44. The summed E-state index contributed by atoms with van der Waals surface area (Å²) in [6, 6.07) is 9.26. The molecule has 1 N–H and O–H groups in total. The molecule has 0 saturated carbocycles. The molecule has 0 aliphatic carbocycles. The minimum absolute atomic E-state index is 0.0832. The second-order valence-corrected chi connectivity index (χ2v) is 5.31. The van der Waals surface area contributed by atoms with Crippen molar-refractivity contribution in [3.63, 3.8) is 0 Å². The van der Waals surface area contributed by atoms with Crippen LogP contribution in [0.2, 0.25) is 0 Å².